The molecular weight excluding hydrogens is 250 g/mol. The molecule has 3 rings (SSSR count). The van der Waals surface area contributed by atoms with Crippen LogP contribution in [-0.4, -0.2) is 49.5 Å². The van der Waals surface area contributed by atoms with Crippen LogP contribution in [-0.2, 0) is 9.47 Å². The highest BCUT2D eigenvalue weighted by Crippen LogP contribution is 2.28. The summed E-state index contributed by atoms with van der Waals surface area (Å²) in [4.78, 5) is 2.64. The first-order chi connectivity index (χ1) is 9.93. The van der Waals surface area contributed by atoms with Gasteiger partial charge in [-0.1, -0.05) is 38.5 Å². The van der Waals surface area contributed by atoms with Gasteiger partial charge in [0, 0.05) is 19.1 Å². The van der Waals surface area contributed by atoms with E-state index < -0.39 is 0 Å². The molecule has 3 nitrogen and oxygen atoms in total. The van der Waals surface area contributed by atoms with Crippen molar-refractivity contribution in [1.82, 2.24) is 4.90 Å². The van der Waals surface area contributed by atoms with Crippen molar-refractivity contribution in [3.63, 3.8) is 0 Å². The Hall–Kier alpha value is -0.120. The van der Waals surface area contributed by atoms with Crippen LogP contribution in [0.25, 0.3) is 0 Å². The third-order valence-corrected chi connectivity index (χ3v) is 5.38. The first-order valence-electron chi connectivity index (χ1n) is 8.91. The standard InChI is InChI=1S/C17H31NO2/c1-2-4-8-15(7-3-1)19-13-11-18-12-14-20-17-10-6-5-9-16(17)18/h15-17H,1-14H2/t16-,17+/m0/s1. The summed E-state index contributed by atoms with van der Waals surface area (Å²) in [7, 11) is 0. The van der Waals surface area contributed by atoms with Crippen LogP contribution >= 0.6 is 0 Å². The molecule has 3 aliphatic rings. The van der Waals surface area contributed by atoms with E-state index in [1.807, 2.05) is 0 Å². The Bertz CT molecular complexity index is 274. The summed E-state index contributed by atoms with van der Waals surface area (Å²) in [5, 5.41) is 0. The molecule has 1 aliphatic heterocycles. The van der Waals surface area contributed by atoms with Crippen molar-refractivity contribution in [2.75, 3.05) is 26.3 Å². The average molecular weight is 281 g/mol. The largest absolute Gasteiger partial charge is 0.377 e. The minimum Gasteiger partial charge on any atom is -0.377 e. The van der Waals surface area contributed by atoms with E-state index in [1.54, 1.807) is 0 Å². The van der Waals surface area contributed by atoms with E-state index in [2.05, 4.69) is 4.90 Å². The number of rotatable bonds is 4. The van der Waals surface area contributed by atoms with Crippen molar-refractivity contribution >= 4 is 0 Å². The lowest BCUT2D eigenvalue weighted by molar-refractivity contribution is -0.0965. The predicted molar refractivity (Wildman–Crippen MR) is 81.0 cm³/mol. The van der Waals surface area contributed by atoms with Gasteiger partial charge < -0.3 is 9.47 Å². The summed E-state index contributed by atoms with van der Waals surface area (Å²) in [6, 6.07) is 0.676. The molecule has 0 bridgehead atoms. The fraction of sp³-hybridized carbons (Fsp3) is 1.00. The van der Waals surface area contributed by atoms with E-state index in [0.717, 1.165) is 26.3 Å². The zero-order valence-electron chi connectivity index (χ0n) is 12.9. The van der Waals surface area contributed by atoms with Gasteiger partial charge in [-0.05, 0) is 25.7 Å². The minimum absolute atomic E-state index is 0.510. The number of hydrogen-bond donors (Lipinski definition) is 0. The molecule has 0 spiro atoms. The monoisotopic (exact) mass is 281 g/mol. The molecule has 1 saturated heterocycles. The van der Waals surface area contributed by atoms with E-state index in [9.17, 15) is 0 Å². The lowest BCUT2D eigenvalue weighted by Gasteiger charge is -2.43. The molecule has 0 aromatic rings. The van der Waals surface area contributed by atoms with Gasteiger partial charge in [0.1, 0.15) is 0 Å². The lowest BCUT2D eigenvalue weighted by Crippen LogP contribution is -2.53. The first-order valence-corrected chi connectivity index (χ1v) is 8.91. The van der Waals surface area contributed by atoms with Gasteiger partial charge in [-0.3, -0.25) is 4.90 Å². The summed E-state index contributed by atoms with van der Waals surface area (Å²) in [6.07, 6.45) is 14.5. The molecule has 2 aliphatic carbocycles. The Kier molecular flexibility index (Phi) is 5.75. The van der Waals surface area contributed by atoms with Crippen molar-refractivity contribution in [2.24, 2.45) is 0 Å². The third kappa shape index (κ3) is 3.96. The van der Waals surface area contributed by atoms with E-state index in [0.29, 0.717) is 18.2 Å². The molecule has 3 fully saturated rings. The summed E-state index contributed by atoms with van der Waals surface area (Å²) < 4.78 is 12.1. The zero-order valence-corrected chi connectivity index (χ0v) is 12.9. The number of morpholine rings is 1. The highest BCUT2D eigenvalue weighted by Gasteiger charge is 2.33. The molecule has 0 aromatic carbocycles. The fourth-order valence-corrected chi connectivity index (χ4v) is 4.20. The Balaban J connectivity index is 1.40. The van der Waals surface area contributed by atoms with Crippen LogP contribution in [0, 0.1) is 0 Å². The van der Waals surface area contributed by atoms with Crippen LogP contribution in [0.2, 0.25) is 0 Å². The summed E-state index contributed by atoms with van der Waals surface area (Å²) in [5.74, 6) is 0. The molecule has 3 heteroatoms. The maximum absolute atomic E-state index is 6.16. The van der Waals surface area contributed by atoms with Gasteiger partial charge in [0.15, 0.2) is 0 Å². The SMILES string of the molecule is C1CCCC(OCCN2CCO[C@@H]3CCCC[C@@H]32)CC1. The topological polar surface area (TPSA) is 21.7 Å². The molecule has 0 radical (unpaired) electrons. The predicted octanol–water partition coefficient (Wildman–Crippen LogP) is 3.37. The molecule has 0 unspecified atom stereocenters. The van der Waals surface area contributed by atoms with Gasteiger partial charge in [0.2, 0.25) is 0 Å². The molecule has 0 N–H and O–H groups in total. The molecule has 0 amide bonds. The smallest absolute Gasteiger partial charge is 0.0730 e. The van der Waals surface area contributed by atoms with Crippen molar-refractivity contribution in [3.05, 3.63) is 0 Å². The van der Waals surface area contributed by atoms with E-state index in [-0.39, 0.29) is 0 Å². The molecule has 2 saturated carbocycles. The summed E-state index contributed by atoms with van der Waals surface area (Å²) >= 11 is 0. The second kappa shape index (κ2) is 7.77. The average Bonchev–Trinajstić information content (AvgIpc) is 2.76. The Morgan fingerprint density at radius 3 is 2.50 bits per heavy atom. The van der Waals surface area contributed by atoms with Crippen LogP contribution in [0.4, 0.5) is 0 Å². The second-order valence-corrected chi connectivity index (χ2v) is 6.78. The van der Waals surface area contributed by atoms with Gasteiger partial charge >= 0.3 is 0 Å². The van der Waals surface area contributed by atoms with Gasteiger partial charge in [0.05, 0.1) is 25.4 Å². The summed E-state index contributed by atoms with van der Waals surface area (Å²) in [5.41, 5.74) is 0. The van der Waals surface area contributed by atoms with Crippen LogP contribution in [0.5, 0.6) is 0 Å². The molecular formula is C17H31NO2. The molecule has 116 valence electrons. The van der Waals surface area contributed by atoms with Crippen molar-refractivity contribution in [1.29, 1.82) is 0 Å². The van der Waals surface area contributed by atoms with Crippen LogP contribution in [0.3, 0.4) is 0 Å². The Morgan fingerprint density at radius 2 is 1.65 bits per heavy atom. The number of nitrogens with zero attached hydrogens (tertiary/aromatic N) is 1. The molecule has 0 aromatic heterocycles. The minimum atomic E-state index is 0.510. The maximum atomic E-state index is 6.16. The van der Waals surface area contributed by atoms with Crippen molar-refractivity contribution in [3.8, 4) is 0 Å². The van der Waals surface area contributed by atoms with Crippen LogP contribution < -0.4 is 0 Å². The van der Waals surface area contributed by atoms with Crippen LogP contribution in [0.1, 0.15) is 64.2 Å². The fourth-order valence-electron chi connectivity index (χ4n) is 4.20. The second-order valence-electron chi connectivity index (χ2n) is 6.78. The summed E-state index contributed by atoms with van der Waals surface area (Å²) in [6.45, 7) is 4.06. The van der Waals surface area contributed by atoms with Gasteiger partial charge in [-0.2, -0.15) is 0 Å². The Morgan fingerprint density at radius 1 is 0.900 bits per heavy atom. The first kappa shape index (κ1) is 14.8. The number of ether oxygens (including phenoxy) is 2. The molecule has 20 heavy (non-hydrogen) atoms. The highest BCUT2D eigenvalue weighted by atomic mass is 16.5. The molecule has 1 heterocycles. The van der Waals surface area contributed by atoms with Crippen molar-refractivity contribution < 1.29 is 9.47 Å². The van der Waals surface area contributed by atoms with Gasteiger partial charge in [-0.15, -0.1) is 0 Å². The van der Waals surface area contributed by atoms with Gasteiger partial charge in [-0.25, -0.2) is 0 Å². The van der Waals surface area contributed by atoms with E-state index in [1.165, 1.54) is 64.2 Å². The lowest BCUT2D eigenvalue weighted by atomic mass is 9.90. The highest BCUT2D eigenvalue weighted by molar-refractivity contribution is 4.87. The zero-order chi connectivity index (χ0) is 13.6. The third-order valence-electron chi connectivity index (χ3n) is 5.38. The molecule has 2 atom stereocenters. The van der Waals surface area contributed by atoms with Crippen molar-refractivity contribution in [2.45, 2.75) is 82.5 Å². The Labute approximate surface area is 124 Å². The number of hydrogen-bond acceptors (Lipinski definition) is 3. The quantitative estimate of drug-likeness (QED) is 0.738. The van der Waals surface area contributed by atoms with E-state index >= 15 is 0 Å². The van der Waals surface area contributed by atoms with Gasteiger partial charge in [0.25, 0.3) is 0 Å². The number of fused-ring (bicyclic) bond motifs is 1. The van der Waals surface area contributed by atoms with E-state index in [4.69, 9.17) is 9.47 Å². The maximum Gasteiger partial charge on any atom is 0.0730 e. The normalized spacial score (nSPS) is 33.6. The van der Waals surface area contributed by atoms with Crippen LogP contribution in [0.15, 0.2) is 0 Å².